The molecule has 0 radical (unpaired) electrons. The van der Waals surface area contributed by atoms with E-state index in [2.05, 4.69) is 20.9 Å². The van der Waals surface area contributed by atoms with Crippen LogP contribution in [0.25, 0.3) is 0 Å². The molecule has 1 aromatic carbocycles. The molecule has 0 aliphatic rings. The molecule has 0 aliphatic heterocycles. The number of carbonyl (C=O) groups is 1. The molecule has 5 heteroatoms. The maximum Gasteiger partial charge on any atom is 0.255 e. The van der Waals surface area contributed by atoms with E-state index in [4.69, 9.17) is 5.11 Å². The monoisotopic (exact) mass is 334 g/mol. The van der Waals surface area contributed by atoms with Crippen LogP contribution in [-0.2, 0) is 6.54 Å². The Kier molecular flexibility index (Phi) is 5.26. The molecule has 1 heterocycles. The first-order valence-corrected chi connectivity index (χ1v) is 7.04. The van der Waals surface area contributed by atoms with Crippen LogP contribution in [0.4, 0.5) is 0 Å². The van der Waals surface area contributed by atoms with Gasteiger partial charge in [-0.1, -0.05) is 30.3 Å². The molecular weight excluding hydrogens is 320 g/mol. The molecule has 0 saturated carbocycles. The van der Waals surface area contributed by atoms with Crippen molar-refractivity contribution in [3.05, 3.63) is 64.4 Å². The smallest absolute Gasteiger partial charge is 0.255 e. The summed E-state index contributed by atoms with van der Waals surface area (Å²) in [5.41, 5.74) is 1.53. The van der Waals surface area contributed by atoms with Gasteiger partial charge in [0, 0.05) is 30.0 Å². The summed E-state index contributed by atoms with van der Waals surface area (Å²) in [5.74, 6) is -0.142. The van der Waals surface area contributed by atoms with Crippen LogP contribution in [0, 0.1) is 0 Å². The number of rotatable bonds is 5. The van der Waals surface area contributed by atoms with Crippen LogP contribution in [-0.4, -0.2) is 34.0 Å². The molecule has 104 valence electrons. The first kappa shape index (κ1) is 14.7. The molecule has 0 fully saturated rings. The number of carbonyl (C=O) groups excluding carboxylic acids is 1. The first-order chi connectivity index (χ1) is 9.70. The summed E-state index contributed by atoms with van der Waals surface area (Å²) in [7, 11) is 0. The fourth-order valence-electron chi connectivity index (χ4n) is 1.89. The number of pyridine rings is 1. The van der Waals surface area contributed by atoms with Gasteiger partial charge < -0.3 is 10.0 Å². The van der Waals surface area contributed by atoms with Crippen molar-refractivity contribution >= 4 is 21.8 Å². The minimum absolute atomic E-state index is 0.0694. The Morgan fingerprint density at radius 1 is 1.25 bits per heavy atom. The van der Waals surface area contributed by atoms with Gasteiger partial charge in [0.15, 0.2) is 0 Å². The fraction of sp³-hybridized carbons (Fsp3) is 0.200. The molecule has 0 bridgehead atoms. The predicted octanol–water partition coefficient (Wildman–Crippen LogP) is 2.48. The van der Waals surface area contributed by atoms with Crippen LogP contribution >= 0.6 is 15.9 Å². The van der Waals surface area contributed by atoms with E-state index in [-0.39, 0.29) is 12.5 Å². The maximum atomic E-state index is 12.4. The number of aliphatic hydroxyl groups excluding tert-OH is 1. The van der Waals surface area contributed by atoms with Gasteiger partial charge in [0.1, 0.15) is 0 Å². The highest BCUT2D eigenvalue weighted by molar-refractivity contribution is 9.10. The van der Waals surface area contributed by atoms with Gasteiger partial charge in [-0.3, -0.25) is 9.78 Å². The third-order valence-electron chi connectivity index (χ3n) is 2.83. The number of nitrogens with zero attached hydrogens (tertiary/aromatic N) is 2. The van der Waals surface area contributed by atoms with Gasteiger partial charge in [-0.2, -0.15) is 0 Å². The Hall–Kier alpha value is -1.72. The topological polar surface area (TPSA) is 53.4 Å². The van der Waals surface area contributed by atoms with E-state index in [9.17, 15) is 4.79 Å². The van der Waals surface area contributed by atoms with Crippen molar-refractivity contribution in [3.63, 3.8) is 0 Å². The normalized spacial score (nSPS) is 10.3. The number of amides is 1. The lowest BCUT2D eigenvalue weighted by atomic mass is 10.2. The van der Waals surface area contributed by atoms with Gasteiger partial charge in [0.05, 0.1) is 12.2 Å². The zero-order valence-corrected chi connectivity index (χ0v) is 12.5. The van der Waals surface area contributed by atoms with Gasteiger partial charge in [0.2, 0.25) is 0 Å². The van der Waals surface area contributed by atoms with E-state index < -0.39 is 0 Å². The van der Waals surface area contributed by atoms with Crippen molar-refractivity contribution in [2.24, 2.45) is 0 Å². The zero-order valence-electron chi connectivity index (χ0n) is 10.9. The second-order valence-corrected chi connectivity index (χ2v) is 5.24. The van der Waals surface area contributed by atoms with Crippen LogP contribution in [0.2, 0.25) is 0 Å². The molecular formula is C15H15BrN2O2. The molecule has 1 N–H and O–H groups in total. The molecule has 2 aromatic rings. The van der Waals surface area contributed by atoms with Crippen LogP contribution in [0.3, 0.4) is 0 Å². The van der Waals surface area contributed by atoms with Gasteiger partial charge >= 0.3 is 0 Å². The Morgan fingerprint density at radius 3 is 2.65 bits per heavy atom. The molecule has 0 aliphatic carbocycles. The standard InChI is InChI=1S/C15H15BrN2O2/c16-14-8-13(9-17-10-14)15(20)18(6-7-19)11-12-4-2-1-3-5-12/h1-5,8-10,19H,6-7,11H2. The second-order valence-electron chi connectivity index (χ2n) is 4.33. The van der Waals surface area contributed by atoms with Gasteiger partial charge in [-0.15, -0.1) is 0 Å². The van der Waals surface area contributed by atoms with E-state index >= 15 is 0 Å². The Labute approximate surface area is 126 Å². The predicted molar refractivity (Wildman–Crippen MR) is 80.2 cm³/mol. The van der Waals surface area contributed by atoms with Crippen molar-refractivity contribution < 1.29 is 9.90 Å². The van der Waals surface area contributed by atoms with E-state index in [0.717, 1.165) is 10.0 Å². The van der Waals surface area contributed by atoms with E-state index in [0.29, 0.717) is 18.7 Å². The number of hydrogen-bond donors (Lipinski definition) is 1. The largest absolute Gasteiger partial charge is 0.395 e. The number of benzene rings is 1. The number of aromatic nitrogens is 1. The number of hydrogen-bond acceptors (Lipinski definition) is 3. The third kappa shape index (κ3) is 3.88. The molecule has 0 saturated heterocycles. The first-order valence-electron chi connectivity index (χ1n) is 6.25. The third-order valence-corrected chi connectivity index (χ3v) is 3.26. The Morgan fingerprint density at radius 2 is 2.00 bits per heavy atom. The molecule has 1 aromatic heterocycles. The minimum Gasteiger partial charge on any atom is -0.395 e. The average Bonchev–Trinajstić information content (AvgIpc) is 2.47. The van der Waals surface area contributed by atoms with Crippen LogP contribution in [0.1, 0.15) is 15.9 Å². The molecule has 4 nitrogen and oxygen atoms in total. The van der Waals surface area contributed by atoms with E-state index in [1.165, 1.54) is 6.20 Å². The number of aliphatic hydroxyl groups is 1. The van der Waals surface area contributed by atoms with Gasteiger partial charge in [-0.25, -0.2) is 0 Å². The summed E-state index contributed by atoms with van der Waals surface area (Å²) in [6.07, 6.45) is 3.16. The lowest BCUT2D eigenvalue weighted by Gasteiger charge is -2.22. The van der Waals surface area contributed by atoms with Gasteiger partial charge in [0.25, 0.3) is 5.91 Å². The highest BCUT2D eigenvalue weighted by Crippen LogP contribution is 2.13. The summed E-state index contributed by atoms with van der Waals surface area (Å²) in [4.78, 5) is 18.1. The van der Waals surface area contributed by atoms with Crippen LogP contribution in [0.5, 0.6) is 0 Å². The fourth-order valence-corrected chi connectivity index (χ4v) is 2.25. The highest BCUT2D eigenvalue weighted by Gasteiger charge is 2.16. The van der Waals surface area contributed by atoms with Crippen molar-refractivity contribution in [2.45, 2.75) is 6.54 Å². The summed E-state index contributed by atoms with van der Waals surface area (Å²) < 4.78 is 0.756. The number of halogens is 1. The molecule has 0 unspecified atom stereocenters. The lowest BCUT2D eigenvalue weighted by Crippen LogP contribution is -2.33. The lowest BCUT2D eigenvalue weighted by molar-refractivity contribution is 0.0707. The second kappa shape index (κ2) is 7.17. The van der Waals surface area contributed by atoms with Gasteiger partial charge in [-0.05, 0) is 27.6 Å². The molecule has 20 heavy (non-hydrogen) atoms. The van der Waals surface area contributed by atoms with Crippen molar-refractivity contribution in [3.8, 4) is 0 Å². The van der Waals surface area contributed by atoms with E-state index in [1.807, 2.05) is 30.3 Å². The summed E-state index contributed by atoms with van der Waals surface area (Å²) in [5, 5.41) is 9.15. The summed E-state index contributed by atoms with van der Waals surface area (Å²) >= 11 is 3.30. The van der Waals surface area contributed by atoms with Crippen molar-refractivity contribution in [2.75, 3.05) is 13.2 Å². The molecule has 1 amide bonds. The molecule has 0 spiro atoms. The molecule has 2 rings (SSSR count). The molecule has 0 atom stereocenters. The van der Waals surface area contributed by atoms with E-state index in [1.54, 1.807) is 17.2 Å². The van der Waals surface area contributed by atoms with Crippen molar-refractivity contribution in [1.82, 2.24) is 9.88 Å². The Bertz CT molecular complexity index is 575. The minimum atomic E-state index is -0.142. The zero-order chi connectivity index (χ0) is 14.4. The average molecular weight is 335 g/mol. The maximum absolute atomic E-state index is 12.4. The SMILES string of the molecule is O=C(c1cncc(Br)c1)N(CCO)Cc1ccccc1. The van der Waals surface area contributed by atoms with Crippen LogP contribution in [0.15, 0.2) is 53.3 Å². The Balaban J connectivity index is 2.18. The highest BCUT2D eigenvalue weighted by atomic mass is 79.9. The summed E-state index contributed by atoms with van der Waals surface area (Å²) in [6.45, 7) is 0.687. The van der Waals surface area contributed by atoms with Crippen molar-refractivity contribution in [1.29, 1.82) is 0 Å². The quantitative estimate of drug-likeness (QED) is 0.913. The summed E-state index contributed by atoms with van der Waals surface area (Å²) in [6, 6.07) is 11.4. The van der Waals surface area contributed by atoms with Crippen LogP contribution < -0.4 is 0 Å².